The molecule has 0 atom stereocenters. The summed E-state index contributed by atoms with van der Waals surface area (Å²) in [6.45, 7) is 2.04. The molecule has 1 N–H and O–H groups in total. The molecule has 100 valence electrons. The third kappa shape index (κ3) is 5.20. The van der Waals surface area contributed by atoms with Crippen molar-refractivity contribution in [2.45, 2.75) is 6.42 Å². The van der Waals surface area contributed by atoms with Crippen LogP contribution in [0.1, 0.15) is 16.8 Å². The normalized spacial score (nSPS) is 10.3. The summed E-state index contributed by atoms with van der Waals surface area (Å²) in [7, 11) is 1.60. The lowest BCUT2D eigenvalue weighted by molar-refractivity contribution is 0.0688. The van der Waals surface area contributed by atoms with Crippen LogP contribution in [-0.4, -0.2) is 44.4 Å². The minimum atomic E-state index is -0.758. The van der Waals surface area contributed by atoms with Gasteiger partial charge < -0.3 is 14.8 Å². The molecule has 0 radical (unpaired) electrons. The molecule has 0 aromatic carbocycles. The van der Waals surface area contributed by atoms with Crippen molar-refractivity contribution in [2.24, 2.45) is 0 Å². The molecular formula is C12H17FN2O3. The van der Waals surface area contributed by atoms with Gasteiger partial charge in [0.25, 0.3) is 5.91 Å². The van der Waals surface area contributed by atoms with E-state index >= 15 is 0 Å². The number of methoxy groups -OCH3 is 1. The molecule has 0 spiro atoms. The Bertz CT molecular complexity index is 374. The van der Waals surface area contributed by atoms with Crippen LogP contribution in [0.3, 0.4) is 0 Å². The summed E-state index contributed by atoms with van der Waals surface area (Å²) in [5.41, 5.74) is -0.0437. The predicted molar refractivity (Wildman–Crippen MR) is 63.8 cm³/mol. The van der Waals surface area contributed by atoms with Gasteiger partial charge in [-0.2, -0.15) is 4.39 Å². The first-order valence-corrected chi connectivity index (χ1v) is 5.71. The Kier molecular flexibility index (Phi) is 6.90. The molecule has 1 heterocycles. The standard InChI is InChI=1S/C12H17FN2O3/c1-17-8-9-18-7-3-6-15-12(16)10-4-2-5-14-11(10)13/h2,4-5H,3,6-9H2,1H3,(H,15,16). The second kappa shape index (κ2) is 8.54. The SMILES string of the molecule is COCCOCCCNC(=O)c1cccnc1F. The minimum Gasteiger partial charge on any atom is -0.382 e. The number of pyridine rings is 1. The maximum atomic E-state index is 13.1. The second-order valence-electron chi connectivity index (χ2n) is 3.56. The van der Waals surface area contributed by atoms with E-state index in [-0.39, 0.29) is 5.56 Å². The summed E-state index contributed by atoms with van der Waals surface area (Å²) in [6, 6.07) is 2.92. The average Bonchev–Trinajstić information content (AvgIpc) is 2.38. The largest absolute Gasteiger partial charge is 0.382 e. The number of ether oxygens (including phenoxy) is 2. The molecule has 0 fully saturated rings. The number of rotatable bonds is 8. The Morgan fingerprint density at radius 1 is 1.44 bits per heavy atom. The molecule has 0 saturated heterocycles. The van der Waals surface area contributed by atoms with Crippen LogP contribution in [0.4, 0.5) is 4.39 Å². The van der Waals surface area contributed by atoms with Gasteiger partial charge in [-0.25, -0.2) is 4.98 Å². The number of nitrogens with zero attached hydrogens (tertiary/aromatic N) is 1. The fourth-order valence-electron chi connectivity index (χ4n) is 1.27. The molecule has 1 aromatic heterocycles. The highest BCUT2D eigenvalue weighted by atomic mass is 19.1. The molecule has 18 heavy (non-hydrogen) atoms. The molecule has 0 unspecified atom stereocenters. The third-order valence-corrected chi connectivity index (χ3v) is 2.19. The monoisotopic (exact) mass is 256 g/mol. The van der Waals surface area contributed by atoms with E-state index in [1.54, 1.807) is 7.11 Å². The van der Waals surface area contributed by atoms with Gasteiger partial charge in [0, 0.05) is 26.5 Å². The molecule has 5 nitrogen and oxygen atoms in total. The van der Waals surface area contributed by atoms with E-state index in [1.807, 2.05) is 0 Å². The van der Waals surface area contributed by atoms with Crippen LogP contribution in [0.2, 0.25) is 0 Å². The first-order chi connectivity index (χ1) is 8.75. The topological polar surface area (TPSA) is 60.5 Å². The van der Waals surface area contributed by atoms with Gasteiger partial charge in [-0.1, -0.05) is 0 Å². The fraction of sp³-hybridized carbons (Fsp3) is 0.500. The maximum absolute atomic E-state index is 13.1. The summed E-state index contributed by atoms with van der Waals surface area (Å²) in [6.07, 6.45) is 1.97. The van der Waals surface area contributed by atoms with Crippen molar-refractivity contribution >= 4 is 5.91 Å². The van der Waals surface area contributed by atoms with Crippen molar-refractivity contribution in [3.05, 3.63) is 29.8 Å². The number of nitrogens with one attached hydrogen (secondary N) is 1. The summed E-state index contributed by atoms with van der Waals surface area (Å²) >= 11 is 0. The lowest BCUT2D eigenvalue weighted by Gasteiger charge is -2.06. The lowest BCUT2D eigenvalue weighted by Crippen LogP contribution is -2.26. The van der Waals surface area contributed by atoms with Gasteiger partial charge in [-0.15, -0.1) is 0 Å². The lowest BCUT2D eigenvalue weighted by atomic mass is 10.2. The zero-order chi connectivity index (χ0) is 13.2. The number of hydrogen-bond donors (Lipinski definition) is 1. The van der Waals surface area contributed by atoms with Gasteiger partial charge in [-0.3, -0.25) is 4.79 Å². The number of hydrogen-bond acceptors (Lipinski definition) is 4. The fourth-order valence-corrected chi connectivity index (χ4v) is 1.27. The van der Waals surface area contributed by atoms with E-state index in [2.05, 4.69) is 10.3 Å². The molecule has 0 aliphatic rings. The molecule has 1 amide bonds. The van der Waals surface area contributed by atoms with Crippen molar-refractivity contribution in [2.75, 3.05) is 33.5 Å². The van der Waals surface area contributed by atoms with Gasteiger partial charge in [-0.05, 0) is 18.6 Å². The van der Waals surface area contributed by atoms with E-state index in [4.69, 9.17) is 9.47 Å². The van der Waals surface area contributed by atoms with E-state index in [1.165, 1.54) is 18.3 Å². The Hall–Kier alpha value is -1.53. The smallest absolute Gasteiger partial charge is 0.255 e. The number of halogens is 1. The Morgan fingerprint density at radius 3 is 3.00 bits per heavy atom. The Labute approximate surface area is 105 Å². The first kappa shape index (κ1) is 14.5. The van der Waals surface area contributed by atoms with Gasteiger partial charge in [0.1, 0.15) is 0 Å². The van der Waals surface area contributed by atoms with Crippen LogP contribution in [0, 0.1) is 5.95 Å². The van der Waals surface area contributed by atoms with Gasteiger partial charge in [0.15, 0.2) is 0 Å². The molecule has 0 aliphatic carbocycles. The quantitative estimate of drug-likeness (QED) is 0.557. The summed E-state index contributed by atoms with van der Waals surface area (Å²) in [4.78, 5) is 15.0. The van der Waals surface area contributed by atoms with Gasteiger partial charge in [0.2, 0.25) is 5.95 Å². The molecule has 1 rings (SSSR count). The molecule has 0 saturated carbocycles. The highest BCUT2D eigenvalue weighted by Crippen LogP contribution is 2.02. The maximum Gasteiger partial charge on any atom is 0.255 e. The molecule has 0 bridgehead atoms. The summed E-state index contributed by atoms with van der Waals surface area (Å²) < 4.78 is 23.2. The molecule has 1 aromatic rings. The van der Waals surface area contributed by atoms with Crippen LogP contribution < -0.4 is 5.32 Å². The first-order valence-electron chi connectivity index (χ1n) is 5.71. The second-order valence-corrected chi connectivity index (χ2v) is 3.56. The number of aromatic nitrogens is 1. The van der Waals surface area contributed by atoms with Gasteiger partial charge >= 0.3 is 0 Å². The van der Waals surface area contributed by atoms with E-state index in [0.717, 1.165) is 0 Å². The molecule has 0 aliphatic heterocycles. The van der Waals surface area contributed by atoms with Crippen LogP contribution in [-0.2, 0) is 9.47 Å². The highest BCUT2D eigenvalue weighted by Gasteiger charge is 2.10. The van der Waals surface area contributed by atoms with Crippen molar-refractivity contribution in [1.82, 2.24) is 10.3 Å². The van der Waals surface area contributed by atoms with Gasteiger partial charge in [0.05, 0.1) is 18.8 Å². The Balaban J connectivity index is 2.16. The molecule has 6 heteroatoms. The summed E-state index contributed by atoms with van der Waals surface area (Å²) in [5, 5.41) is 2.60. The van der Waals surface area contributed by atoms with Crippen LogP contribution >= 0.6 is 0 Å². The van der Waals surface area contributed by atoms with Crippen LogP contribution in [0.15, 0.2) is 18.3 Å². The number of amides is 1. The Morgan fingerprint density at radius 2 is 2.28 bits per heavy atom. The van der Waals surface area contributed by atoms with E-state index in [9.17, 15) is 9.18 Å². The van der Waals surface area contributed by atoms with Crippen molar-refractivity contribution < 1.29 is 18.7 Å². The van der Waals surface area contributed by atoms with Crippen LogP contribution in [0.5, 0.6) is 0 Å². The summed E-state index contributed by atoms with van der Waals surface area (Å²) in [5.74, 6) is -1.22. The third-order valence-electron chi connectivity index (χ3n) is 2.19. The zero-order valence-corrected chi connectivity index (χ0v) is 10.3. The number of carbonyl (C=O) groups excluding carboxylic acids is 1. The van der Waals surface area contributed by atoms with Crippen molar-refractivity contribution in [3.63, 3.8) is 0 Å². The van der Waals surface area contributed by atoms with E-state index in [0.29, 0.717) is 32.8 Å². The predicted octanol–water partition coefficient (Wildman–Crippen LogP) is 1.00. The van der Waals surface area contributed by atoms with Crippen molar-refractivity contribution in [3.8, 4) is 0 Å². The zero-order valence-electron chi connectivity index (χ0n) is 10.3. The highest BCUT2D eigenvalue weighted by molar-refractivity contribution is 5.94. The van der Waals surface area contributed by atoms with Crippen LogP contribution in [0.25, 0.3) is 0 Å². The number of carbonyl (C=O) groups is 1. The van der Waals surface area contributed by atoms with Crippen molar-refractivity contribution in [1.29, 1.82) is 0 Å². The minimum absolute atomic E-state index is 0.0437. The molecular weight excluding hydrogens is 239 g/mol. The van der Waals surface area contributed by atoms with E-state index < -0.39 is 11.9 Å². The average molecular weight is 256 g/mol.